The summed E-state index contributed by atoms with van der Waals surface area (Å²) in [5.74, 6) is -0.757. The van der Waals surface area contributed by atoms with Crippen LogP contribution < -0.4 is 0 Å². The van der Waals surface area contributed by atoms with Crippen molar-refractivity contribution in [3.8, 4) is 11.3 Å². The molecule has 2 atom stereocenters. The molecule has 0 unspecified atom stereocenters. The molecule has 5 heteroatoms. The van der Waals surface area contributed by atoms with Crippen LogP contribution in [-0.2, 0) is 4.79 Å². The zero-order valence-corrected chi connectivity index (χ0v) is 14.8. The van der Waals surface area contributed by atoms with E-state index in [1.54, 1.807) is 11.1 Å². The number of amides is 1. The second kappa shape index (κ2) is 6.24. The Labute approximate surface area is 152 Å². The first kappa shape index (κ1) is 16.8. The number of rotatable bonds is 3. The molecule has 5 nitrogen and oxygen atoms in total. The Hall–Kier alpha value is -2.69. The smallest absolute Gasteiger partial charge is 0.311 e. The van der Waals surface area contributed by atoms with Gasteiger partial charge in [-0.25, -0.2) is 0 Å². The van der Waals surface area contributed by atoms with Crippen LogP contribution in [0.15, 0.2) is 42.6 Å². The van der Waals surface area contributed by atoms with Crippen molar-refractivity contribution < 1.29 is 14.7 Å². The van der Waals surface area contributed by atoms with Crippen molar-refractivity contribution in [3.63, 3.8) is 0 Å². The highest BCUT2D eigenvalue weighted by molar-refractivity contribution is 5.98. The second-order valence-electron chi connectivity index (χ2n) is 7.43. The van der Waals surface area contributed by atoms with Gasteiger partial charge in [0.2, 0.25) is 0 Å². The molecule has 1 amide bonds. The maximum Gasteiger partial charge on any atom is 0.311 e. The molecule has 0 radical (unpaired) electrons. The number of carboxylic acid groups (broad SMARTS) is 1. The van der Waals surface area contributed by atoms with Gasteiger partial charge in [-0.05, 0) is 49.4 Å². The Morgan fingerprint density at radius 3 is 2.77 bits per heavy atom. The van der Waals surface area contributed by atoms with Crippen LogP contribution in [-0.4, -0.2) is 40.0 Å². The number of fused-ring (bicyclic) bond motifs is 1. The summed E-state index contributed by atoms with van der Waals surface area (Å²) in [5.41, 5.74) is 2.54. The van der Waals surface area contributed by atoms with Gasteiger partial charge in [0.25, 0.3) is 5.91 Å². The lowest BCUT2D eigenvalue weighted by Crippen LogP contribution is -2.37. The molecule has 134 valence electrons. The topological polar surface area (TPSA) is 70.5 Å². The summed E-state index contributed by atoms with van der Waals surface area (Å²) < 4.78 is 0. The Bertz CT molecular complexity index is 865. The highest BCUT2D eigenvalue weighted by Gasteiger charge is 2.55. The number of aromatic nitrogens is 1. The number of likely N-dealkylation sites (tertiary alicyclic amines) is 1. The molecule has 2 heterocycles. The molecule has 0 bridgehead atoms. The first-order valence-electron chi connectivity index (χ1n) is 9.06. The molecule has 1 aliphatic carbocycles. The van der Waals surface area contributed by atoms with Crippen LogP contribution in [0.1, 0.15) is 35.2 Å². The lowest BCUT2D eigenvalue weighted by molar-refractivity contribution is -0.149. The van der Waals surface area contributed by atoms with Gasteiger partial charge in [0.15, 0.2) is 0 Å². The van der Waals surface area contributed by atoms with Crippen molar-refractivity contribution in [1.29, 1.82) is 0 Å². The fourth-order valence-corrected chi connectivity index (χ4v) is 4.63. The van der Waals surface area contributed by atoms with Crippen molar-refractivity contribution in [2.75, 3.05) is 13.1 Å². The Kier molecular flexibility index (Phi) is 4.02. The summed E-state index contributed by atoms with van der Waals surface area (Å²) in [6, 6.07) is 11.4. The number of carbonyl (C=O) groups excluding carboxylic acids is 1. The van der Waals surface area contributed by atoms with Crippen molar-refractivity contribution in [3.05, 3.63) is 53.7 Å². The van der Waals surface area contributed by atoms with Crippen molar-refractivity contribution in [1.82, 2.24) is 9.88 Å². The summed E-state index contributed by atoms with van der Waals surface area (Å²) in [4.78, 5) is 31.2. The van der Waals surface area contributed by atoms with Gasteiger partial charge < -0.3 is 10.0 Å². The van der Waals surface area contributed by atoms with Crippen LogP contribution >= 0.6 is 0 Å². The zero-order valence-electron chi connectivity index (χ0n) is 14.8. The summed E-state index contributed by atoms with van der Waals surface area (Å²) in [6.45, 7) is 2.79. The largest absolute Gasteiger partial charge is 0.481 e. The lowest BCUT2D eigenvalue weighted by Gasteiger charge is -2.23. The molecule has 0 spiro atoms. The summed E-state index contributed by atoms with van der Waals surface area (Å²) in [6.07, 6.45) is 4.24. The van der Waals surface area contributed by atoms with Crippen LogP contribution in [0.3, 0.4) is 0 Å². The number of hydrogen-bond donors (Lipinski definition) is 1. The maximum absolute atomic E-state index is 13.2. The predicted octanol–water partition coefficient (Wildman–Crippen LogP) is 3.38. The van der Waals surface area contributed by atoms with Gasteiger partial charge in [0, 0.05) is 30.4 Å². The molecular formula is C21H22N2O3. The number of carboxylic acids is 1. The third kappa shape index (κ3) is 2.50. The first-order chi connectivity index (χ1) is 12.5. The first-order valence-corrected chi connectivity index (χ1v) is 9.06. The summed E-state index contributed by atoms with van der Waals surface area (Å²) in [5, 5.41) is 9.75. The van der Waals surface area contributed by atoms with Gasteiger partial charge in [-0.2, -0.15) is 0 Å². The lowest BCUT2D eigenvalue weighted by atomic mass is 9.81. The number of carbonyl (C=O) groups is 2. The molecule has 1 aliphatic heterocycles. The van der Waals surface area contributed by atoms with E-state index in [2.05, 4.69) is 4.98 Å². The molecule has 2 fully saturated rings. The van der Waals surface area contributed by atoms with Crippen molar-refractivity contribution in [2.45, 2.75) is 26.2 Å². The molecule has 1 N–H and O–H groups in total. The SMILES string of the molecule is Cc1c(C(=O)N2C[C@@H]3CCC[C@@]3(C(=O)O)C2)cccc1-c1ccccn1. The predicted molar refractivity (Wildman–Crippen MR) is 97.7 cm³/mol. The fourth-order valence-electron chi connectivity index (χ4n) is 4.63. The standard InChI is InChI=1S/C21H22N2O3/c1-14-16(18-9-2-3-11-22-18)7-4-8-17(14)19(24)23-12-15-6-5-10-21(15,13-23)20(25)26/h2-4,7-9,11,15H,5-6,10,12-13H2,1H3,(H,25,26)/t15-,21+/m0/s1. The van der Waals surface area contributed by atoms with Crippen LogP contribution in [0.2, 0.25) is 0 Å². The fraction of sp³-hybridized carbons (Fsp3) is 0.381. The van der Waals surface area contributed by atoms with E-state index in [0.717, 1.165) is 29.7 Å². The Morgan fingerprint density at radius 2 is 2.08 bits per heavy atom. The number of pyridine rings is 1. The van der Waals surface area contributed by atoms with E-state index < -0.39 is 11.4 Å². The van der Waals surface area contributed by atoms with Crippen LogP contribution in [0.4, 0.5) is 0 Å². The molecule has 4 rings (SSSR count). The third-order valence-corrected chi connectivity index (χ3v) is 6.09. The number of benzene rings is 1. The maximum atomic E-state index is 13.2. The molecule has 2 aromatic rings. The van der Waals surface area contributed by atoms with E-state index in [9.17, 15) is 14.7 Å². The highest BCUT2D eigenvalue weighted by atomic mass is 16.4. The van der Waals surface area contributed by atoms with Gasteiger partial charge in [0.05, 0.1) is 11.1 Å². The molecule has 26 heavy (non-hydrogen) atoms. The minimum Gasteiger partial charge on any atom is -0.481 e. The summed E-state index contributed by atoms with van der Waals surface area (Å²) in [7, 11) is 0. The monoisotopic (exact) mass is 350 g/mol. The third-order valence-electron chi connectivity index (χ3n) is 6.09. The van der Waals surface area contributed by atoms with Gasteiger partial charge >= 0.3 is 5.97 Å². The Morgan fingerprint density at radius 1 is 1.23 bits per heavy atom. The number of aliphatic carboxylic acids is 1. The summed E-state index contributed by atoms with van der Waals surface area (Å²) >= 11 is 0. The van der Waals surface area contributed by atoms with E-state index >= 15 is 0 Å². The van der Waals surface area contributed by atoms with Gasteiger partial charge in [-0.3, -0.25) is 14.6 Å². The van der Waals surface area contributed by atoms with Crippen LogP contribution in [0.25, 0.3) is 11.3 Å². The van der Waals surface area contributed by atoms with E-state index in [-0.39, 0.29) is 11.8 Å². The van der Waals surface area contributed by atoms with E-state index in [0.29, 0.717) is 25.1 Å². The van der Waals surface area contributed by atoms with E-state index in [1.807, 2.05) is 43.3 Å². The highest BCUT2D eigenvalue weighted by Crippen LogP contribution is 2.49. The second-order valence-corrected chi connectivity index (χ2v) is 7.43. The minimum absolute atomic E-state index is 0.0724. The minimum atomic E-state index is -0.755. The van der Waals surface area contributed by atoms with Crippen LogP contribution in [0, 0.1) is 18.3 Å². The molecule has 1 aromatic heterocycles. The molecule has 1 saturated heterocycles. The molecule has 2 aliphatic rings. The average molecular weight is 350 g/mol. The van der Waals surface area contributed by atoms with Crippen LogP contribution in [0.5, 0.6) is 0 Å². The molecule has 1 saturated carbocycles. The molecular weight excluding hydrogens is 328 g/mol. The Balaban J connectivity index is 1.65. The molecule has 1 aromatic carbocycles. The van der Waals surface area contributed by atoms with E-state index in [1.165, 1.54) is 0 Å². The van der Waals surface area contributed by atoms with Gasteiger partial charge in [-0.1, -0.05) is 24.6 Å². The number of nitrogens with zero attached hydrogens (tertiary/aromatic N) is 2. The normalized spacial score (nSPS) is 24.5. The van der Waals surface area contributed by atoms with Crippen molar-refractivity contribution in [2.24, 2.45) is 11.3 Å². The number of hydrogen-bond acceptors (Lipinski definition) is 3. The van der Waals surface area contributed by atoms with Crippen molar-refractivity contribution >= 4 is 11.9 Å². The zero-order chi connectivity index (χ0) is 18.3. The average Bonchev–Trinajstić information content (AvgIpc) is 3.21. The van der Waals surface area contributed by atoms with Gasteiger partial charge in [-0.15, -0.1) is 0 Å². The van der Waals surface area contributed by atoms with Gasteiger partial charge in [0.1, 0.15) is 0 Å². The van der Waals surface area contributed by atoms with E-state index in [4.69, 9.17) is 0 Å². The quantitative estimate of drug-likeness (QED) is 0.921.